The van der Waals surface area contributed by atoms with Gasteiger partial charge in [-0.3, -0.25) is 9.59 Å². The number of nitrogens with one attached hydrogen (secondary N) is 2. The summed E-state index contributed by atoms with van der Waals surface area (Å²) >= 11 is 3.33. The molecule has 6 nitrogen and oxygen atoms in total. The summed E-state index contributed by atoms with van der Waals surface area (Å²) in [4.78, 5) is 33.1. The highest BCUT2D eigenvalue weighted by Crippen LogP contribution is 2.15. The fraction of sp³-hybridized carbons (Fsp3) is 0.333. The van der Waals surface area contributed by atoms with Crippen LogP contribution < -0.4 is 10.6 Å². The van der Waals surface area contributed by atoms with Crippen LogP contribution in [0.15, 0.2) is 36.4 Å². The van der Waals surface area contributed by atoms with Crippen molar-refractivity contribution in [3.63, 3.8) is 0 Å². The topological polar surface area (TPSA) is 84.0 Å². The molecule has 2 aromatic heterocycles. The molecular weight excluding hydrogens is 368 g/mol. The van der Waals surface area contributed by atoms with Crippen LogP contribution in [0, 0.1) is 0 Å². The smallest absolute Gasteiger partial charge is 0.269 e. The number of aromatic nitrogens is 2. The molecule has 0 aliphatic carbocycles. The maximum absolute atomic E-state index is 12.2. The summed E-state index contributed by atoms with van der Waals surface area (Å²) in [5, 5.41) is 5.66. The van der Waals surface area contributed by atoms with E-state index in [1.165, 1.54) is 0 Å². The average molecular weight is 391 g/mol. The number of amides is 2. The Morgan fingerprint density at radius 1 is 0.808 bits per heavy atom. The maximum atomic E-state index is 12.2. The van der Waals surface area contributed by atoms with Crippen molar-refractivity contribution in [3.8, 4) is 11.4 Å². The van der Waals surface area contributed by atoms with Crippen LogP contribution in [-0.2, 0) is 0 Å². The second kappa shape index (κ2) is 10.8. The van der Waals surface area contributed by atoms with Gasteiger partial charge in [0.2, 0.25) is 0 Å². The molecule has 0 unspecified atom stereocenters. The molecule has 2 heterocycles. The molecule has 2 amide bonds. The summed E-state index contributed by atoms with van der Waals surface area (Å²) in [6.07, 6.45) is 3.97. The second-order valence-electron chi connectivity index (χ2n) is 5.31. The molecule has 0 radical (unpaired) electrons. The van der Waals surface area contributed by atoms with Crippen molar-refractivity contribution in [1.82, 2.24) is 20.6 Å². The normalized spacial score (nSPS) is 10.4. The lowest BCUT2D eigenvalue weighted by atomic mass is 10.2. The summed E-state index contributed by atoms with van der Waals surface area (Å²) in [5.74, 6) is 1.26. The first-order chi connectivity index (χ1) is 12.7. The van der Waals surface area contributed by atoms with Crippen molar-refractivity contribution in [2.75, 3.05) is 37.1 Å². The Kier molecular flexibility index (Phi) is 8.43. The molecule has 0 fully saturated rings. The number of hydrogen-bond donors (Lipinski definition) is 2. The monoisotopic (exact) mass is 390 g/mol. The Bertz CT molecular complexity index is 692. The number of carbonyl (C=O) groups is 2. The molecule has 0 aromatic carbocycles. The van der Waals surface area contributed by atoms with Crippen molar-refractivity contribution >= 4 is 35.3 Å². The molecule has 8 heteroatoms. The van der Waals surface area contributed by atoms with Gasteiger partial charge in [0.1, 0.15) is 11.4 Å². The predicted octanol–water partition coefficient (Wildman–Crippen LogP) is 2.33. The van der Waals surface area contributed by atoms with Crippen molar-refractivity contribution in [1.29, 1.82) is 0 Å². The number of nitrogens with zero attached hydrogens (tertiary/aromatic N) is 2. The summed E-state index contributed by atoms with van der Waals surface area (Å²) < 4.78 is 0. The molecule has 0 aliphatic heterocycles. The minimum atomic E-state index is -0.216. The van der Waals surface area contributed by atoms with Gasteiger partial charge in [0.05, 0.1) is 11.4 Å². The van der Waals surface area contributed by atoms with Crippen molar-refractivity contribution in [3.05, 3.63) is 47.8 Å². The molecule has 2 rings (SSSR count). The van der Waals surface area contributed by atoms with Crippen LogP contribution in [-0.4, -0.2) is 58.9 Å². The van der Waals surface area contributed by atoms with Gasteiger partial charge >= 0.3 is 0 Å². The van der Waals surface area contributed by atoms with Crippen LogP contribution in [0.25, 0.3) is 11.4 Å². The second-order valence-corrected chi connectivity index (χ2v) is 7.28. The Labute approximate surface area is 162 Å². The van der Waals surface area contributed by atoms with Crippen LogP contribution in [0.5, 0.6) is 0 Å². The van der Waals surface area contributed by atoms with Crippen LogP contribution in [0.4, 0.5) is 0 Å². The third-order valence-corrected chi connectivity index (χ3v) is 4.63. The van der Waals surface area contributed by atoms with E-state index in [0.717, 1.165) is 11.5 Å². The van der Waals surface area contributed by atoms with Gasteiger partial charge in [-0.25, -0.2) is 9.97 Å². The number of rotatable bonds is 9. The van der Waals surface area contributed by atoms with Crippen molar-refractivity contribution in [2.45, 2.75) is 0 Å². The van der Waals surface area contributed by atoms with Gasteiger partial charge in [0, 0.05) is 24.6 Å². The third kappa shape index (κ3) is 6.03. The zero-order chi connectivity index (χ0) is 18.8. The Morgan fingerprint density at radius 2 is 1.23 bits per heavy atom. The zero-order valence-corrected chi connectivity index (χ0v) is 16.5. The van der Waals surface area contributed by atoms with Crippen molar-refractivity contribution < 1.29 is 9.59 Å². The molecule has 0 saturated heterocycles. The lowest BCUT2D eigenvalue weighted by molar-refractivity contribution is 0.0943. The van der Waals surface area contributed by atoms with E-state index in [1.807, 2.05) is 12.5 Å². The van der Waals surface area contributed by atoms with Crippen LogP contribution in [0.1, 0.15) is 21.0 Å². The van der Waals surface area contributed by atoms with Crippen LogP contribution >= 0.6 is 23.5 Å². The highest BCUT2D eigenvalue weighted by Gasteiger charge is 2.11. The summed E-state index contributed by atoms with van der Waals surface area (Å²) in [5.41, 5.74) is 1.78. The first kappa shape index (κ1) is 20.3. The molecule has 0 spiro atoms. The van der Waals surface area contributed by atoms with E-state index in [4.69, 9.17) is 0 Å². The summed E-state index contributed by atoms with van der Waals surface area (Å²) in [7, 11) is 0. The molecular formula is C18H22N4O2S2. The molecule has 138 valence electrons. The largest absolute Gasteiger partial charge is 0.350 e. The highest BCUT2D eigenvalue weighted by atomic mass is 32.2. The lowest BCUT2D eigenvalue weighted by Crippen LogP contribution is -2.27. The standard InChI is InChI=1S/C18H22N4O2S2/c1-25-11-9-19-17(23)15-7-3-5-13(21-15)14-6-4-8-16(22-14)18(24)20-10-12-26-2/h3-8H,9-12H2,1-2H3,(H,19,23)(H,20,24). The van der Waals surface area contributed by atoms with Crippen molar-refractivity contribution in [2.24, 2.45) is 0 Å². The van der Waals surface area contributed by atoms with Crippen LogP contribution in [0.2, 0.25) is 0 Å². The van der Waals surface area contributed by atoms with Gasteiger partial charge in [-0.2, -0.15) is 23.5 Å². The molecule has 0 saturated carbocycles. The molecule has 0 atom stereocenters. The quantitative estimate of drug-likeness (QED) is 0.640. The van der Waals surface area contributed by atoms with E-state index in [1.54, 1.807) is 59.9 Å². The van der Waals surface area contributed by atoms with Gasteiger partial charge in [0.15, 0.2) is 0 Å². The predicted molar refractivity (Wildman–Crippen MR) is 109 cm³/mol. The summed E-state index contributed by atoms with van der Waals surface area (Å²) in [6.45, 7) is 1.19. The average Bonchev–Trinajstić information content (AvgIpc) is 2.68. The van der Waals surface area contributed by atoms with E-state index >= 15 is 0 Å². The van der Waals surface area contributed by atoms with Gasteiger partial charge in [0.25, 0.3) is 11.8 Å². The molecule has 0 aliphatic rings. The minimum Gasteiger partial charge on any atom is -0.350 e. The SMILES string of the molecule is CSCCNC(=O)c1cccc(-c2cccc(C(=O)NCCSC)n2)n1. The molecule has 2 aromatic rings. The molecule has 26 heavy (non-hydrogen) atoms. The van der Waals surface area contributed by atoms with Crippen LogP contribution in [0.3, 0.4) is 0 Å². The van der Waals surface area contributed by atoms with E-state index in [9.17, 15) is 9.59 Å². The first-order valence-electron chi connectivity index (χ1n) is 8.14. The van der Waals surface area contributed by atoms with E-state index in [2.05, 4.69) is 20.6 Å². The fourth-order valence-corrected chi connectivity index (χ4v) is 2.73. The van der Waals surface area contributed by atoms with Gasteiger partial charge in [-0.05, 0) is 36.8 Å². The maximum Gasteiger partial charge on any atom is 0.269 e. The third-order valence-electron chi connectivity index (χ3n) is 3.41. The number of thioether (sulfide) groups is 2. The molecule has 0 bridgehead atoms. The zero-order valence-electron chi connectivity index (χ0n) is 14.8. The number of pyridine rings is 2. The van der Waals surface area contributed by atoms with E-state index < -0.39 is 0 Å². The first-order valence-corrected chi connectivity index (χ1v) is 10.9. The Balaban J connectivity index is 2.13. The fourth-order valence-electron chi connectivity index (χ4n) is 2.12. The minimum absolute atomic E-state index is 0.216. The number of carbonyl (C=O) groups excluding carboxylic acids is 2. The van der Waals surface area contributed by atoms with E-state index in [0.29, 0.717) is 35.9 Å². The molecule has 2 N–H and O–H groups in total. The van der Waals surface area contributed by atoms with E-state index in [-0.39, 0.29) is 11.8 Å². The lowest BCUT2D eigenvalue weighted by Gasteiger charge is -2.07. The van der Waals surface area contributed by atoms with Gasteiger partial charge < -0.3 is 10.6 Å². The summed E-state index contributed by atoms with van der Waals surface area (Å²) in [6, 6.07) is 10.4. The van der Waals surface area contributed by atoms with Gasteiger partial charge in [-0.15, -0.1) is 0 Å². The number of hydrogen-bond acceptors (Lipinski definition) is 6. The Hall–Kier alpha value is -2.06. The highest BCUT2D eigenvalue weighted by molar-refractivity contribution is 7.98. The van der Waals surface area contributed by atoms with Gasteiger partial charge in [-0.1, -0.05) is 12.1 Å². The Morgan fingerprint density at radius 3 is 1.62 bits per heavy atom.